The van der Waals surface area contributed by atoms with Crippen molar-refractivity contribution in [1.82, 2.24) is 9.38 Å². The molecule has 31 heavy (non-hydrogen) atoms. The molecule has 2 nitrogen and oxygen atoms in total. The summed E-state index contributed by atoms with van der Waals surface area (Å²) in [6, 6.07) is 22.3. The van der Waals surface area contributed by atoms with Crippen molar-refractivity contribution in [3.63, 3.8) is 0 Å². The average molecular weight is 412 g/mol. The van der Waals surface area contributed by atoms with Crippen LogP contribution in [-0.4, -0.2) is 9.38 Å². The summed E-state index contributed by atoms with van der Waals surface area (Å²) in [4.78, 5) is 4.86. The Morgan fingerprint density at radius 1 is 0.806 bits per heavy atom. The number of aromatic nitrogens is 2. The standard InChI is InChI=1S/C29H30N2/c1-19(2)16-21-10-9-11-22(17-20(3)4)28(21)27-18-30-29-25-14-6-5-12-23(25)24-13-7-8-15-26(24)31(27)29/h5-15,18-20H,16-17H2,1-4H3/i1D3,19D,20D. The molecule has 0 radical (unpaired) electrons. The summed E-state index contributed by atoms with van der Waals surface area (Å²) in [6.45, 7) is 2.79. The SMILES string of the molecule is [2H]C(C)(C)Cc1cccc(CC([2H])(C)C([2H])([2H])[2H])c1-c1cnc2c3ccccc3c3ccccc3n12. The first-order valence-corrected chi connectivity index (χ1v) is 10.8. The van der Waals surface area contributed by atoms with Crippen molar-refractivity contribution in [2.24, 2.45) is 11.8 Å². The highest BCUT2D eigenvalue weighted by atomic mass is 15.0. The summed E-state index contributed by atoms with van der Waals surface area (Å²) in [6.07, 6.45) is 2.39. The van der Waals surface area contributed by atoms with Gasteiger partial charge in [-0.1, -0.05) is 88.3 Å². The van der Waals surface area contributed by atoms with E-state index in [1.165, 1.54) is 6.92 Å². The molecule has 1 unspecified atom stereocenters. The van der Waals surface area contributed by atoms with Crippen LogP contribution in [0.2, 0.25) is 0 Å². The van der Waals surface area contributed by atoms with Crippen LogP contribution in [-0.2, 0) is 12.8 Å². The fourth-order valence-corrected chi connectivity index (χ4v) is 4.71. The van der Waals surface area contributed by atoms with Gasteiger partial charge in [0.15, 0.2) is 0 Å². The summed E-state index contributed by atoms with van der Waals surface area (Å²) in [5.41, 5.74) is 5.29. The minimum atomic E-state index is -2.43. The number of benzene rings is 3. The van der Waals surface area contributed by atoms with Gasteiger partial charge in [-0.25, -0.2) is 4.98 Å². The molecule has 3 aromatic carbocycles. The minimum Gasteiger partial charge on any atom is -0.292 e. The molecule has 5 aromatic rings. The molecule has 0 amide bonds. The smallest absolute Gasteiger partial charge is 0.145 e. The van der Waals surface area contributed by atoms with Gasteiger partial charge in [-0.05, 0) is 47.2 Å². The largest absolute Gasteiger partial charge is 0.292 e. The third-order valence-electron chi connectivity index (χ3n) is 5.86. The average Bonchev–Trinajstić information content (AvgIpc) is 3.22. The summed E-state index contributed by atoms with van der Waals surface area (Å²) < 4.78 is 43.3. The molecule has 0 fully saturated rings. The fraction of sp³-hybridized carbons (Fsp3) is 0.276. The van der Waals surface area contributed by atoms with E-state index in [2.05, 4.69) is 28.7 Å². The second kappa shape index (κ2) is 7.85. The van der Waals surface area contributed by atoms with Crippen molar-refractivity contribution in [2.75, 3.05) is 0 Å². The zero-order chi connectivity index (χ0) is 25.9. The van der Waals surface area contributed by atoms with Crippen LogP contribution in [0, 0.1) is 11.8 Å². The quantitative estimate of drug-likeness (QED) is 0.271. The number of para-hydroxylation sites is 1. The van der Waals surface area contributed by atoms with E-state index in [-0.39, 0.29) is 6.42 Å². The van der Waals surface area contributed by atoms with Gasteiger partial charge in [-0.2, -0.15) is 0 Å². The van der Waals surface area contributed by atoms with Gasteiger partial charge >= 0.3 is 0 Å². The van der Waals surface area contributed by atoms with Crippen molar-refractivity contribution in [2.45, 2.75) is 40.5 Å². The molecule has 2 aromatic heterocycles. The number of fused-ring (bicyclic) bond motifs is 6. The molecule has 0 aliphatic heterocycles. The van der Waals surface area contributed by atoms with Crippen LogP contribution >= 0.6 is 0 Å². The van der Waals surface area contributed by atoms with Gasteiger partial charge in [0.1, 0.15) is 5.65 Å². The Balaban J connectivity index is 1.87. The third kappa shape index (κ3) is 3.40. The number of hydrogen-bond acceptors (Lipinski definition) is 1. The van der Waals surface area contributed by atoms with E-state index in [9.17, 15) is 0 Å². The van der Waals surface area contributed by atoms with Crippen LogP contribution in [0.25, 0.3) is 38.6 Å². The van der Waals surface area contributed by atoms with E-state index in [0.717, 1.165) is 49.7 Å². The number of rotatable bonds is 5. The molecule has 2 heterocycles. The van der Waals surface area contributed by atoms with Crippen molar-refractivity contribution in [3.8, 4) is 11.3 Å². The van der Waals surface area contributed by atoms with Crippen molar-refractivity contribution in [1.29, 1.82) is 0 Å². The van der Waals surface area contributed by atoms with E-state index in [4.69, 9.17) is 11.8 Å². The minimum absolute atomic E-state index is 0.0594. The molecular weight excluding hydrogens is 376 g/mol. The second-order valence-electron chi connectivity index (χ2n) is 8.66. The lowest BCUT2D eigenvalue weighted by atomic mass is 9.89. The molecule has 0 saturated carbocycles. The van der Waals surface area contributed by atoms with Crippen LogP contribution in [0.15, 0.2) is 72.9 Å². The molecule has 156 valence electrons. The number of pyridine rings is 1. The van der Waals surface area contributed by atoms with Gasteiger partial charge in [0.25, 0.3) is 0 Å². The zero-order valence-corrected chi connectivity index (χ0v) is 18.2. The lowest BCUT2D eigenvalue weighted by Crippen LogP contribution is -2.05. The predicted octanol–water partition coefficient (Wildman–Crippen LogP) is 7.70. The first-order valence-electron chi connectivity index (χ1n) is 13.3. The first kappa shape index (κ1) is 14.8. The Bertz CT molecular complexity index is 1590. The maximum Gasteiger partial charge on any atom is 0.145 e. The molecular formula is C29H30N2. The summed E-state index contributed by atoms with van der Waals surface area (Å²) in [5, 5.41) is 3.27. The fourth-order valence-electron chi connectivity index (χ4n) is 4.71. The van der Waals surface area contributed by atoms with Crippen LogP contribution in [0.5, 0.6) is 0 Å². The van der Waals surface area contributed by atoms with Crippen LogP contribution < -0.4 is 0 Å². The van der Waals surface area contributed by atoms with Gasteiger partial charge in [0.05, 0.1) is 17.4 Å². The predicted molar refractivity (Wildman–Crippen MR) is 133 cm³/mol. The zero-order valence-electron chi connectivity index (χ0n) is 23.2. The molecule has 0 N–H and O–H groups in total. The Labute approximate surface area is 191 Å². The monoisotopic (exact) mass is 411 g/mol. The maximum absolute atomic E-state index is 8.67. The highest BCUT2D eigenvalue weighted by Crippen LogP contribution is 2.36. The molecule has 5 rings (SSSR count). The molecule has 1 atom stereocenters. The van der Waals surface area contributed by atoms with Gasteiger partial charge < -0.3 is 0 Å². The Hall–Kier alpha value is -3.13. The number of hydrogen-bond donors (Lipinski definition) is 0. The van der Waals surface area contributed by atoms with E-state index >= 15 is 0 Å². The van der Waals surface area contributed by atoms with Crippen LogP contribution in [0.1, 0.15) is 45.6 Å². The Kier molecular flexibility index (Phi) is 3.75. The maximum atomic E-state index is 8.67. The molecule has 0 bridgehead atoms. The summed E-state index contributed by atoms with van der Waals surface area (Å²) in [7, 11) is 0. The van der Waals surface area contributed by atoms with Gasteiger partial charge in [0, 0.05) is 23.2 Å². The van der Waals surface area contributed by atoms with Crippen LogP contribution in [0.4, 0.5) is 0 Å². The molecule has 0 spiro atoms. The van der Waals surface area contributed by atoms with Crippen LogP contribution in [0.3, 0.4) is 0 Å². The lowest BCUT2D eigenvalue weighted by Gasteiger charge is -2.19. The Morgan fingerprint density at radius 2 is 1.45 bits per heavy atom. The van der Waals surface area contributed by atoms with E-state index in [1.54, 1.807) is 0 Å². The van der Waals surface area contributed by atoms with Gasteiger partial charge in [0.2, 0.25) is 0 Å². The van der Waals surface area contributed by atoms with Crippen molar-refractivity contribution >= 4 is 27.3 Å². The molecule has 0 aliphatic carbocycles. The Morgan fingerprint density at radius 3 is 2.16 bits per heavy atom. The van der Waals surface area contributed by atoms with Gasteiger partial charge in [-0.3, -0.25) is 4.40 Å². The number of imidazole rings is 1. The highest BCUT2D eigenvalue weighted by Gasteiger charge is 2.19. The second-order valence-corrected chi connectivity index (χ2v) is 8.66. The van der Waals surface area contributed by atoms with Crippen molar-refractivity contribution in [3.05, 3.63) is 84.1 Å². The third-order valence-corrected chi connectivity index (χ3v) is 5.86. The van der Waals surface area contributed by atoms with E-state index < -0.39 is 18.6 Å². The molecule has 0 saturated heterocycles. The lowest BCUT2D eigenvalue weighted by molar-refractivity contribution is 0.637. The van der Waals surface area contributed by atoms with E-state index in [0.29, 0.717) is 6.42 Å². The normalized spacial score (nSPS) is 17.1. The molecule has 2 heteroatoms. The van der Waals surface area contributed by atoms with E-state index in [1.807, 2.05) is 62.5 Å². The highest BCUT2D eigenvalue weighted by molar-refractivity contribution is 6.12. The molecule has 0 aliphatic rings. The number of nitrogens with zero attached hydrogens (tertiary/aromatic N) is 2. The van der Waals surface area contributed by atoms with Gasteiger partial charge in [-0.15, -0.1) is 0 Å². The topological polar surface area (TPSA) is 17.3 Å². The summed E-state index contributed by atoms with van der Waals surface area (Å²) in [5.74, 6) is -2.39. The van der Waals surface area contributed by atoms with Crippen molar-refractivity contribution < 1.29 is 6.85 Å². The summed E-state index contributed by atoms with van der Waals surface area (Å²) >= 11 is 0. The first-order chi connectivity index (χ1) is 16.9.